The number of carboxylic acid groups (broad SMARTS) is 1. The molecule has 2 atom stereocenters. The third-order valence-electron chi connectivity index (χ3n) is 1.24. The van der Waals surface area contributed by atoms with Crippen LogP contribution in [0.1, 0.15) is 13.3 Å². The minimum absolute atomic E-state index is 0.200. The molecule has 0 bridgehead atoms. The third-order valence-corrected chi connectivity index (χ3v) is 1.24. The van der Waals surface area contributed by atoms with Crippen molar-refractivity contribution in [2.24, 2.45) is 11.7 Å². The molecule has 4 heteroatoms. The van der Waals surface area contributed by atoms with E-state index in [9.17, 15) is 9.18 Å². The van der Waals surface area contributed by atoms with Crippen LogP contribution in [0.3, 0.4) is 0 Å². The van der Waals surface area contributed by atoms with Crippen LogP contribution >= 0.6 is 0 Å². The van der Waals surface area contributed by atoms with Crippen molar-refractivity contribution in [1.29, 1.82) is 0 Å². The van der Waals surface area contributed by atoms with Gasteiger partial charge in [0.2, 0.25) is 0 Å². The Morgan fingerprint density at radius 3 is 2.60 bits per heavy atom. The Labute approximate surface area is 59.0 Å². The third kappa shape index (κ3) is 3.40. The number of hydrogen-bond acceptors (Lipinski definition) is 2. The normalized spacial score (nSPS) is 16.3. The van der Waals surface area contributed by atoms with Crippen molar-refractivity contribution in [3.8, 4) is 0 Å². The van der Waals surface area contributed by atoms with Gasteiger partial charge in [0.25, 0.3) is 0 Å². The fraction of sp³-hybridized carbons (Fsp3) is 0.833. The van der Waals surface area contributed by atoms with Crippen LogP contribution in [0.25, 0.3) is 0 Å². The molecule has 2 unspecified atom stereocenters. The van der Waals surface area contributed by atoms with Crippen molar-refractivity contribution in [2.75, 3.05) is 6.67 Å². The topological polar surface area (TPSA) is 63.3 Å². The Morgan fingerprint density at radius 2 is 2.30 bits per heavy atom. The summed E-state index contributed by atoms with van der Waals surface area (Å²) in [6.45, 7) is 1.11. The predicted octanol–water partition coefficient (Wildman–Crippen LogP) is 0.394. The van der Waals surface area contributed by atoms with E-state index in [1.54, 1.807) is 6.92 Å². The lowest BCUT2D eigenvalue weighted by atomic mass is 10.0. The molecule has 10 heavy (non-hydrogen) atoms. The van der Waals surface area contributed by atoms with E-state index in [0.717, 1.165) is 0 Å². The van der Waals surface area contributed by atoms with E-state index >= 15 is 0 Å². The zero-order valence-electron chi connectivity index (χ0n) is 5.88. The molecule has 0 aromatic rings. The van der Waals surface area contributed by atoms with Crippen LogP contribution in [0.4, 0.5) is 4.39 Å². The molecule has 3 N–H and O–H groups in total. The summed E-state index contributed by atoms with van der Waals surface area (Å²) >= 11 is 0. The first-order valence-corrected chi connectivity index (χ1v) is 3.12. The first kappa shape index (κ1) is 9.36. The Morgan fingerprint density at radius 1 is 1.80 bits per heavy atom. The summed E-state index contributed by atoms with van der Waals surface area (Å²) in [5.74, 6) is -1.33. The minimum atomic E-state index is -1.07. The van der Waals surface area contributed by atoms with Crippen LogP contribution in [0.15, 0.2) is 0 Å². The van der Waals surface area contributed by atoms with Crippen molar-refractivity contribution in [1.82, 2.24) is 0 Å². The van der Waals surface area contributed by atoms with Gasteiger partial charge in [0.05, 0.1) is 6.67 Å². The van der Waals surface area contributed by atoms with E-state index in [1.165, 1.54) is 0 Å². The maximum Gasteiger partial charge on any atom is 0.320 e. The predicted molar refractivity (Wildman–Crippen MR) is 35.4 cm³/mol. The van der Waals surface area contributed by atoms with Crippen LogP contribution in [0.5, 0.6) is 0 Å². The van der Waals surface area contributed by atoms with Gasteiger partial charge in [-0.3, -0.25) is 9.18 Å². The van der Waals surface area contributed by atoms with E-state index in [-0.39, 0.29) is 12.3 Å². The summed E-state index contributed by atoms with van der Waals surface area (Å²) < 4.78 is 11.8. The molecule has 0 amide bonds. The van der Waals surface area contributed by atoms with Crippen LogP contribution in [-0.4, -0.2) is 23.8 Å². The quantitative estimate of drug-likeness (QED) is 0.606. The monoisotopic (exact) mass is 148 g/mol. The number of carbonyl (C=O) groups is 1. The fourth-order valence-electron chi connectivity index (χ4n) is 0.597. The van der Waals surface area contributed by atoms with Gasteiger partial charge in [0, 0.05) is 0 Å². The van der Waals surface area contributed by atoms with Crippen LogP contribution in [0.2, 0.25) is 0 Å². The second-order valence-electron chi connectivity index (χ2n) is 2.44. The molecule has 0 aliphatic rings. The number of alkyl halides is 1. The molecule has 0 aliphatic carbocycles. The maximum atomic E-state index is 11.8. The lowest BCUT2D eigenvalue weighted by molar-refractivity contribution is -0.138. The first-order chi connectivity index (χ1) is 4.57. The molecule has 0 aromatic carbocycles. The zero-order chi connectivity index (χ0) is 8.15. The van der Waals surface area contributed by atoms with Crippen molar-refractivity contribution in [2.45, 2.75) is 19.4 Å². The standard InChI is InChI=1S/C6H12FNO2/c1-4(3-7)2-5(8)6(9)10/h4-5H,2-3,8H2,1H3,(H,9,10)/i7-1. The molecular formula is C6H12FNO2. The molecule has 0 rings (SSSR count). The Hall–Kier alpha value is -0.640. The average Bonchev–Trinajstić information content (AvgIpc) is 1.87. The lowest BCUT2D eigenvalue weighted by Gasteiger charge is -2.09. The molecule has 0 aromatic heterocycles. The average molecular weight is 148 g/mol. The van der Waals surface area contributed by atoms with Gasteiger partial charge in [0.15, 0.2) is 0 Å². The van der Waals surface area contributed by atoms with Gasteiger partial charge in [-0.05, 0) is 12.3 Å². The number of halogens is 1. The molecule has 0 heterocycles. The highest BCUT2D eigenvalue weighted by atomic mass is 18.2. The molecule has 3 nitrogen and oxygen atoms in total. The molecule has 0 saturated carbocycles. The summed E-state index contributed by atoms with van der Waals surface area (Å²) in [5.41, 5.74) is 5.13. The molecule has 0 radical (unpaired) electrons. The van der Waals surface area contributed by atoms with Gasteiger partial charge in [-0.25, -0.2) is 0 Å². The van der Waals surface area contributed by atoms with Crippen molar-refractivity contribution in [3.63, 3.8) is 0 Å². The second kappa shape index (κ2) is 4.22. The molecule has 0 saturated heterocycles. The Bertz CT molecular complexity index is 118. The minimum Gasteiger partial charge on any atom is -0.480 e. The van der Waals surface area contributed by atoms with E-state index in [2.05, 4.69) is 0 Å². The Balaban J connectivity index is 3.56. The van der Waals surface area contributed by atoms with Gasteiger partial charge < -0.3 is 10.8 Å². The van der Waals surface area contributed by atoms with E-state index in [1.807, 2.05) is 0 Å². The molecule has 0 aliphatic heterocycles. The number of rotatable bonds is 4. The molecular weight excluding hydrogens is 136 g/mol. The SMILES string of the molecule is CC(C[18F])CC(N)C(=O)O. The highest BCUT2D eigenvalue weighted by Gasteiger charge is 2.14. The number of nitrogens with two attached hydrogens (primary N) is 1. The van der Waals surface area contributed by atoms with E-state index < -0.39 is 18.7 Å². The Kier molecular flexibility index (Phi) is 3.95. The summed E-state index contributed by atoms with van der Waals surface area (Å²) in [4.78, 5) is 10.1. The number of hydrogen-bond donors (Lipinski definition) is 2. The van der Waals surface area contributed by atoms with Crippen molar-refractivity contribution >= 4 is 5.97 Å². The van der Waals surface area contributed by atoms with Crippen molar-refractivity contribution in [3.05, 3.63) is 0 Å². The van der Waals surface area contributed by atoms with Gasteiger partial charge in [-0.1, -0.05) is 6.92 Å². The largest absolute Gasteiger partial charge is 0.480 e. The molecule has 60 valence electrons. The summed E-state index contributed by atoms with van der Waals surface area (Å²) in [6, 6.07) is -0.925. The van der Waals surface area contributed by atoms with Gasteiger partial charge in [-0.15, -0.1) is 0 Å². The van der Waals surface area contributed by atoms with Gasteiger partial charge >= 0.3 is 5.97 Å². The smallest absolute Gasteiger partial charge is 0.320 e. The lowest BCUT2D eigenvalue weighted by Crippen LogP contribution is -2.32. The highest BCUT2D eigenvalue weighted by Crippen LogP contribution is 2.04. The molecule has 0 spiro atoms. The van der Waals surface area contributed by atoms with Gasteiger partial charge in [0.1, 0.15) is 6.04 Å². The van der Waals surface area contributed by atoms with E-state index in [0.29, 0.717) is 0 Å². The van der Waals surface area contributed by atoms with Crippen LogP contribution in [-0.2, 0) is 4.79 Å². The fourth-order valence-corrected chi connectivity index (χ4v) is 0.597. The van der Waals surface area contributed by atoms with Gasteiger partial charge in [-0.2, -0.15) is 0 Å². The first-order valence-electron chi connectivity index (χ1n) is 3.12. The second-order valence-corrected chi connectivity index (χ2v) is 2.44. The van der Waals surface area contributed by atoms with Crippen LogP contribution < -0.4 is 5.73 Å². The van der Waals surface area contributed by atoms with Crippen LogP contribution in [0, 0.1) is 5.92 Å². The molecule has 0 fully saturated rings. The zero-order valence-corrected chi connectivity index (χ0v) is 5.88. The summed E-state index contributed by atoms with van der Waals surface area (Å²) in [5, 5.41) is 8.28. The van der Waals surface area contributed by atoms with E-state index in [4.69, 9.17) is 10.8 Å². The number of carboxylic acids is 1. The number of aliphatic carboxylic acids is 1. The van der Waals surface area contributed by atoms with Crippen molar-refractivity contribution < 1.29 is 14.3 Å². The summed E-state index contributed by atoms with van der Waals surface area (Å²) in [6.07, 6.45) is 0.200. The summed E-state index contributed by atoms with van der Waals surface area (Å²) in [7, 11) is 0. The maximum absolute atomic E-state index is 11.8. The highest BCUT2D eigenvalue weighted by molar-refractivity contribution is 5.72.